The molecule has 0 radical (unpaired) electrons. The number of ether oxygens (including phenoxy) is 1. The monoisotopic (exact) mass is 599 g/mol. The summed E-state index contributed by atoms with van der Waals surface area (Å²) in [4.78, 5) is 43.5. The summed E-state index contributed by atoms with van der Waals surface area (Å²) in [5.41, 5.74) is 3.20. The molecule has 1 aliphatic heterocycles. The van der Waals surface area contributed by atoms with E-state index in [-0.39, 0.29) is 36.6 Å². The van der Waals surface area contributed by atoms with Crippen molar-refractivity contribution in [1.29, 1.82) is 0 Å². The average molecular weight is 600 g/mol. The summed E-state index contributed by atoms with van der Waals surface area (Å²) in [5, 5.41) is 43.5. The number of phenols is 1. The van der Waals surface area contributed by atoms with E-state index < -0.39 is 47.2 Å². The predicted molar refractivity (Wildman–Crippen MR) is 162 cm³/mol. The molecule has 0 unspecified atom stereocenters. The normalized spacial score (nSPS) is 21.0. The van der Waals surface area contributed by atoms with Crippen molar-refractivity contribution in [1.82, 2.24) is 4.98 Å². The van der Waals surface area contributed by atoms with Gasteiger partial charge in [-0.1, -0.05) is 24.3 Å². The molecule has 44 heavy (non-hydrogen) atoms. The smallest absolute Gasteiger partial charge is 0.271 e. The molecule has 5 rings (SSSR count). The summed E-state index contributed by atoms with van der Waals surface area (Å²) in [6.07, 6.45) is 3.20. The maximum atomic E-state index is 13.8. The van der Waals surface area contributed by atoms with Gasteiger partial charge in [-0.05, 0) is 78.0 Å². The lowest BCUT2D eigenvalue weighted by Gasteiger charge is -2.36. The molecule has 0 spiro atoms. The van der Waals surface area contributed by atoms with Crippen LogP contribution in [0.3, 0.4) is 0 Å². The van der Waals surface area contributed by atoms with Gasteiger partial charge in [-0.2, -0.15) is 0 Å². The summed E-state index contributed by atoms with van der Waals surface area (Å²) in [6.45, 7) is -0.397. The number of imide groups is 1. The Morgan fingerprint density at radius 1 is 1.14 bits per heavy atom. The van der Waals surface area contributed by atoms with Gasteiger partial charge in [0.15, 0.2) is 0 Å². The fraction of sp³-hybridized carbons (Fsp3) is 0.303. The maximum Gasteiger partial charge on any atom is 0.271 e. The van der Waals surface area contributed by atoms with Gasteiger partial charge in [-0.15, -0.1) is 0 Å². The van der Waals surface area contributed by atoms with Gasteiger partial charge >= 0.3 is 0 Å². The van der Waals surface area contributed by atoms with Crippen molar-refractivity contribution >= 4 is 34.8 Å². The number of pyridine rings is 1. The Labute approximate surface area is 253 Å². The van der Waals surface area contributed by atoms with Crippen LogP contribution in [0, 0.1) is 27.9 Å². The third-order valence-corrected chi connectivity index (χ3v) is 8.25. The summed E-state index contributed by atoms with van der Waals surface area (Å²) in [5.74, 6) is -3.58. The minimum absolute atomic E-state index is 0.0905. The highest BCUT2D eigenvalue weighted by atomic mass is 16.6. The molecule has 1 aliphatic carbocycles. The summed E-state index contributed by atoms with van der Waals surface area (Å²) in [6, 6.07) is 17.6. The van der Waals surface area contributed by atoms with Crippen molar-refractivity contribution in [2.24, 2.45) is 17.8 Å². The lowest BCUT2D eigenvalue weighted by molar-refractivity contribution is -0.384. The van der Waals surface area contributed by atoms with Crippen LogP contribution in [0.1, 0.15) is 30.5 Å². The maximum absolute atomic E-state index is 13.8. The molecule has 2 heterocycles. The van der Waals surface area contributed by atoms with Crippen LogP contribution in [-0.4, -0.2) is 63.5 Å². The van der Waals surface area contributed by atoms with Crippen molar-refractivity contribution in [2.75, 3.05) is 25.2 Å². The molecule has 1 saturated heterocycles. The van der Waals surface area contributed by atoms with Crippen LogP contribution in [0.5, 0.6) is 5.75 Å². The molecule has 1 fully saturated rings. The number of nitrogens with zero attached hydrogens (tertiary/aromatic N) is 3. The Morgan fingerprint density at radius 2 is 1.93 bits per heavy atom. The molecular weight excluding hydrogens is 566 g/mol. The molecule has 3 aromatic rings. The molecule has 2 amide bonds. The molecule has 11 heteroatoms. The molecule has 3 N–H and O–H groups in total. The van der Waals surface area contributed by atoms with E-state index >= 15 is 0 Å². The average Bonchev–Trinajstić information content (AvgIpc) is 3.27. The number of nitro groups is 1. The van der Waals surface area contributed by atoms with Crippen LogP contribution in [0.25, 0.3) is 11.6 Å². The zero-order valence-corrected chi connectivity index (χ0v) is 24.1. The number of rotatable bonds is 11. The number of non-ortho nitro benzene ring substituents is 1. The number of carbonyl (C=O) groups is 2. The Bertz CT molecular complexity index is 1620. The topological polar surface area (TPSA) is 163 Å². The van der Waals surface area contributed by atoms with Gasteiger partial charge in [0.25, 0.3) is 5.69 Å². The van der Waals surface area contributed by atoms with Gasteiger partial charge in [0.2, 0.25) is 11.8 Å². The number of anilines is 1. The fourth-order valence-corrected chi connectivity index (χ4v) is 6.36. The first kappa shape index (κ1) is 30.7. The lowest BCUT2D eigenvalue weighted by atomic mass is 9.68. The van der Waals surface area contributed by atoms with E-state index in [0.717, 1.165) is 16.0 Å². The number of allylic oxidation sites excluding steroid dienone is 1. The number of phenolic OH excluding ortho intramolecular Hbond substituents is 1. The van der Waals surface area contributed by atoms with Crippen LogP contribution in [0.4, 0.5) is 11.4 Å². The second-order valence-electron chi connectivity index (χ2n) is 10.9. The molecule has 1 aromatic heterocycles. The van der Waals surface area contributed by atoms with Crippen molar-refractivity contribution in [3.05, 3.63) is 105 Å². The van der Waals surface area contributed by atoms with Gasteiger partial charge in [0.05, 0.1) is 47.5 Å². The van der Waals surface area contributed by atoms with Gasteiger partial charge < -0.3 is 20.1 Å². The van der Waals surface area contributed by atoms with E-state index in [4.69, 9.17) is 4.74 Å². The Hall–Kier alpha value is -4.71. The Balaban J connectivity index is 1.45. The number of aromatic nitrogens is 1. The summed E-state index contributed by atoms with van der Waals surface area (Å²) < 4.78 is 5.42. The number of amides is 2. The van der Waals surface area contributed by atoms with E-state index in [1.165, 1.54) is 31.4 Å². The number of carbonyl (C=O) groups excluding carboxylic acids is 2. The molecule has 0 bridgehead atoms. The highest BCUT2D eigenvalue weighted by Crippen LogP contribution is 2.47. The zero-order valence-electron chi connectivity index (χ0n) is 24.1. The van der Waals surface area contributed by atoms with E-state index in [1.54, 1.807) is 30.5 Å². The van der Waals surface area contributed by atoms with Crippen LogP contribution < -0.4 is 4.90 Å². The number of nitro benzene ring substituents is 1. The summed E-state index contributed by atoms with van der Waals surface area (Å²) in [7, 11) is 1.49. The minimum Gasteiger partial charge on any atom is -0.508 e. The highest BCUT2D eigenvalue weighted by Gasteiger charge is 2.55. The number of methoxy groups -OCH3 is 1. The van der Waals surface area contributed by atoms with Crippen molar-refractivity contribution in [2.45, 2.75) is 25.4 Å². The van der Waals surface area contributed by atoms with Crippen LogP contribution in [0.2, 0.25) is 0 Å². The zero-order chi connectivity index (χ0) is 31.4. The van der Waals surface area contributed by atoms with Gasteiger partial charge in [0, 0.05) is 31.4 Å². The van der Waals surface area contributed by atoms with E-state index in [9.17, 15) is 35.0 Å². The number of aliphatic hydroxyl groups excluding tert-OH is 2. The molecule has 0 saturated carbocycles. The molecule has 228 valence electrons. The number of aromatic hydroxyl groups is 1. The van der Waals surface area contributed by atoms with Crippen molar-refractivity contribution in [3.8, 4) is 5.75 Å². The number of aliphatic hydroxyl groups is 2. The second kappa shape index (κ2) is 13.3. The second-order valence-corrected chi connectivity index (χ2v) is 10.9. The van der Waals surface area contributed by atoms with E-state index in [1.807, 2.05) is 24.3 Å². The van der Waals surface area contributed by atoms with Gasteiger partial charge in [-0.3, -0.25) is 24.7 Å². The highest BCUT2D eigenvalue weighted by molar-refractivity contribution is 6.22. The first-order valence-corrected chi connectivity index (χ1v) is 14.3. The third kappa shape index (κ3) is 6.16. The summed E-state index contributed by atoms with van der Waals surface area (Å²) >= 11 is 0. The van der Waals surface area contributed by atoms with Crippen molar-refractivity contribution in [3.63, 3.8) is 0 Å². The fourth-order valence-electron chi connectivity index (χ4n) is 6.36. The first-order valence-electron chi connectivity index (χ1n) is 14.3. The molecular formula is C33H33N3O8. The van der Waals surface area contributed by atoms with Crippen LogP contribution in [0.15, 0.2) is 84.1 Å². The quantitative estimate of drug-likeness (QED) is 0.127. The standard InChI is InChI=1S/C33H33N3O8/c1-44-19-22-16-26-31(33(41)35(32(26)40)23-7-5-8-24(17-23)36(42)43)27(18-37)30(22)29(39)12-11-21(28-10-2-3-13-34-28)14-20-6-4-9-25(38)15-20/h2-10,13-15,17,26-27,29,31,37-39H,11-12,16,18-19H2,1H3/b21-14-/t26-,27+,29-,31-/m1/s1. The molecule has 2 aliphatic rings. The van der Waals surface area contributed by atoms with Crippen LogP contribution in [-0.2, 0) is 14.3 Å². The molecule has 2 aromatic carbocycles. The SMILES string of the molecule is COCC1=C([C@H](O)CC/C(=C/c2cccc(O)c2)c2ccccn2)[C@H](CO)[C@@H]2C(=O)N(c3cccc([N+](=O)[O-])c3)C(=O)[C@@H]2C1. The number of fused-ring (bicyclic) bond motifs is 1. The number of hydrogen-bond donors (Lipinski definition) is 3. The minimum atomic E-state index is -1.08. The lowest BCUT2D eigenvalue weighted by Crippen LogP contribution is -2.39. The number of hydrogen-bond acceptors (Lipinski definition) is 9. The Kier molecular flexibility index (Phi) is 9.29. The molecule has 11 nitrogen and oxygen atoms in total. The number of benzene rings is 2. The predicted octanol–water partition coefficient (Wildman–Crippen LogP) is 4.14. The van der Waals surface area contributed by atoms with Crippen LogP contribution >= 0.6 is 0 Å². The molecule has 4 atom stereocenters. The third-order valence-electron chi connectivity index (χ3n) is 8.25. The van der Waals surface area contributed by atoms with Gasteiger partial charge in [0.1, 0.15) is 5.75 Å². The Morgan fingerprint density at radius 3 is 2.61 bits per heavy atom. The first-order chi connectivity index (χ1) is 21.2. The van der Waals surface area contributed by atoms with Crippen molar-refractivity contribution < 1.29 is 34.6 Å². The van der Waals surface area contributed by atoms with E-state index in [2.05, 4.69) is 4.98 Å². The largest absolute Gasteiger partial charge is 0.508 e. The van der Waals surface area contributed by atoms with E-state index in [0.29, 0.717) is 23.3 Å². The van der Waals surface area contributed by atoms with Gasteiger partial charge in [-0.25, -0.2) is 4.90 Å².